The maximum absolute atomic E-state index is 12.4. The molecule has 0 atom stereocenters. The van der Waals surface area contributed by atoms with Gasteiger partial charge in [-0.15, -0.1) is 0 Å². The predicted molar refractivity (Wildman–Crippen MR) is 98.1 cm³/mol. The largest absolute Gasteiger partial charge is 0.462 e. The molecule has 0 unspecified atom stereocenters. The summed E-state index contributed by atoms with van der Waals surface area (Å²) in [5.41, 5.74) is 0.462. The molecule has 0 amide bonds. The Bertz CT molecular complexity index is 666. The van der Waals surface area contributed by atoms with E-state index in [1.165, 1.54) is 32.4 Å². The van der Waals surface area contributed by atoms with Crippen LogP contribution < -0.4 is 4.74 Å². The van der Waals surface area contributed by atoms with E-state index < -0.39 is 0 Å². The molecule has 0 spiro atoms. The van der Waals surface area contributed by atoms with Crippen LogP contribution in [0.3, 0.4) is 0 Å². The monoisotopic (exact) mass is 339 g/mol. The molecule has 3 rings (SSSR count). The van der Waals surface area contributed by atoms with Gasteiger partial charge < -0.3 is 14.4 Å². The minimum absolute atomic E-state index is 0.329. The average Bonchev–Trinajstić information content (AvgIpc) is 2.67. The van der Waals surface area contributed by atoms with Crippen LogP contribution in [-0.2, 0) is 4.74 Å². The molecule has 0 N–H and O–H groups in total. The highest BCUT2D eigenvalue weighted by molar-refractivity contribution is 5.92. The van der Waals surface area contributed by atoms with E-state index in [0.29, 0.717) is 23.7 Å². The number of nitrogens with zero attached hydrogens (tertiary/aromatic N) is 1. The van der Waals surface area contributed by atoms with Crippen LogP contribution in [0.5, 0.6) is 11.5 Å². The molecule has 1 fully saturated rings. The van der Waals surface area contributed by atoms with E-state index in [1.807, 2.05) is 42.5 Å². The molecule has 4 nitrogen and oxygen atoms in total. The van der Waals surface area contributed by atoms with Crippen molar-refractivity contribution in [2.24, 2.45) is 0 Å². The van der Waals surface area contributed by atoms with E-state index in [-0.39, 0.29) is 5.97 Å². The summed E-state index contributed by atoms with van der Waals surface area (Å²) in [5, 5.41) is 0. The fourth-order valence-electron chi connectivity index (χ4n) is 3.05. The molecule has 1 heterocycles. The van der Waals surface area contributed by atoms with Crippen molar-refractivity contribution in [2.45, 2.75) is 25.7 Å². The molecule has 0 radical (unpaired) electrons. The van der Waals surface area contributed by atoms with Gasteiger partial charge in [-0.1, -0.05) is 36.8 Å². The zero-order valence-electron chi connectivity index (χ0n) is 14.5. The fourth-order valence-corrected chi connectivity index (χ4v) is 3.05. The lowest BCUT2D eigenvalue weighted by Gasteiger charge is -2.26. The molecular weight excluding hydrogens is 314 g/mol. The van der Waals surface area contributed by atoms with Crippen molar-refractivity contribution in [3.63, 3.8) is 0 Å². The summed E-state index contributed by atoms with van der Waals surface area (Å²) in [4.78, 5) is 14.8. The molecule has 25 heavy (non-hydrogen) atoms. The normalized spacial score (nSPS) is 14.9. The third kappa shape index (κ3) is 5.33. The first kappa shape index (κ1) is 17.5. The Kier molecular flexibility index (Phi) is 6.46. The number of esters is 1. The second kappa shape index (κ2) is 9.23. The summed E-state index contributed by atoms with van der Waals surface area (Å²) in [6.45, 7) is 3.77. The summed E-state index contributed by atoms with van der Waals surface area (Å²) in [7, 11) is 0. The Hall–Kier alpha value is -2.33. The molecule has 0 saturated carbocycles. The van der Waals surface area contributed by atoms with Crippen LogP contribution in [0.1, 0.15) is 36.0 Å². The second-order valence-electron chi connectivity index (χ2n) is 6.30. The van der Waals surface area contributed by atoms with E-state index >= 15 is 0 Å². The summed E-state index contributed by atoms with van der Waals surface area (Å²) in [6, 6.07) is 16.7. The number of piperidine rings is 1. The van der Waals surface area contributed by atoms with Gasteiger partial charge >= 0.3 is 5.97 Å². The van der Waals surface area contributed by atoms with Crippen molar-refractivity contribution in [1.82, 2.24) is 4.90 Å². The van der Waals surface area contributed by atoms with Gasteiger partial charge in [0.1, 0.15) is 17.1 Å². The SMILES string of the molecule is O=C(OCCCN1CCCCC1)c1ccccc1Oc1ccccc1. The van der Waals surface area contributed by atoms with Gasteiger partial charge in [0.25, 0.3) is 0 Å². The van der Waals surface area contributed by atoms with E-state index in [9.17, 15) is 4.79 Å². The fraction of sp³-hybridized carbons (Fsp3) is 0.381. The number of likely N-dealkylation sites (tertiary alicyclic amines) is 1. The second-order valence-corrected chi connectivity index (χ2v) is 6.30. The molecule has 1 aliphatic heterocycles. The molecule has 2 aromatic rings. The standard InChI is InChI=1S/C21H25NO3/c23-21(24-17-9-16-22-14-7-2-8-15-22)19-12-5-6-13-20(19)25-18-10-3-1-4-11-18/h1,3-6,10-13H,2,7-9,14-17H2. The third-order valence-electron chi connectivity index (χ3n) is 4.38. The van der Waals surface area contributed by atoms with Gasteiger partial charge in [0.2, 0.25) is 0 Å². The van der Waals surface area contributed by atoms with Crippen LogP contribution in [0.2, 0.25) is 0 Å². The van der Waals surface area contributed by atoms with Crippen molar-refractivity contribution in [3.8, 4) is 11.5 Å². The third-order valence-corrected chi connectivity index (χ3v) is 4.38. The van der Waals surface area contributed by atoms with Crippen LogP contribution in [-0.4, -0.2) is 37.1 Å². The van der Waals surface area contributed by atoms with Crippen molar-refractivity contribution in [3.05, 3.63) is 60.2 Å². The summed E-state index contributed by atoms with van der Waals surface area (Å²) >= 11 is 0. The minimum atomic E-state index is -0.329. The highest BCUT2D eigenvalue weighted by Crippen LogP contribution is 2.25. The zero-order chi connectivity index (χ0) is 17.3. The molecule has 1 saturated heterocycles. The first-order chi connectivity index (χ1) is 12.3. The maximum Gasteiger partial charge on any atom is 0.341 e. The van der Waals surface area contributed by atoms with Crippen LogP contribution in [0.25, 0.3) is 0 Å². The zero-order valence-corrected chi connectivity index (χ0v) is 14.5. The number of ether oxygens (including phenoxy) is 2. The van der Waals surface area contributed by atoms with Gasteiger partial charge in [0.05, 0.1) is 6.61 Å². The van der Waals surface area contributed by atoms with Crippen LogP contribution in [0.15, 0.2) is 54.6 Å². The number of benzene rings is 2. The average molecular weight is 339 g/mol. The van der Waals surface area contributed by atoms with Crippen LogP contribution in [0, 0.1) is 0 Å². The van der Waals surface area contributed by atoms with Crippen molar-refractivity contribution in [2.75, 3.05) is 26.2 Å². The maximum atomic E-state index is 12.4. The quantitative estimate of drug-likeness (QED) is 0.549. The molecule has 2 aromatic carbocycles. The first-order valence-electron chi connectivity index (χ1n) is 9.04. The molecule has 132 valence electrons. The highest BCUT2D eigenvalue weighted by atomic mass is 16.5. The van der Waals surface area contributed by atoms with Crippen molar-refractivity contribution in [1.29, 1.82) is 0 Å². The Morgan fingerprint density at radius 1 is 0.920 bits per heavy atom. The lowest BCUT2D eigenvalue weighted by Crippen LogP contribution is -2.31. The lowest BCUT2D eigenvalue weighted by molar-refractivity contribution is 0.0482. The molecule has 0 bridgehead atoms. The van der Waals surface area contributed by atoms with E-state index in [2.05, 4.69) is 4.90 Å². The molecule has 0 aromatic heterocycles. The molecule has 4 heteroatoms. The number of carbonyl (C=O) groups excluding carboxylic acids is 1. The van der Waals surface area contributed by atoms with Crippen molar-refractivity contribution >= 4 is 5.97 Å². The van der Waals surface area contributed by atoms with Gasteiger partial charge in [0.15, 0.2) is 0 Å². The number of rotatable bonds is 7. The summed E-state index contributed by atoms with van der Waals surface area (Å²) < 4.78 is 11.3. The topological polar surface area (TPSA) is 38.8 Å². The Labute approximate surface area is 149 Å². The Morgan fingerprint density at radius 2 is 1.64 bits per heavy atom. The van der Waals surface area contributed by atoms with Crippen LogP contribution in [0.4, 0.5) is 0 Å². The lowest BCUT2D eigenvalue weighted by atomic mass is 10.1. The number of para-hydroxylation sites is 2. The smallest absolute Gasteiger partial charge is 0.341 e. The van der Waals surface area contributed by atoms with E-state index in [1.54, 1.807) is 12.1 Å². The molecule has 0 aliphatic carbocycles. The van der Waals surface area contributed by atoms with E-state index in [4.69, 9.17) is 9.47 Å². The van der Waals surface area contributed by atoms with Crippen LogP contribution >= 0.6 is 0 Å². The predicted octanol–water partition coefficient (Wildman–Crippen LogP) is 4.51. The summed E-state index contributed by atoms with van der Waals surface area (Å²) in [6.07, 6.45) is 4.77. The molecular formula is C21H25NO3. The highest BCUT2D eigenvalue weighted by Gasteiger charge is 2.15. The molecule has 1 aliphatic rings. The first-order valence-corrected chi connectivity index (χ1v) is 9.04. The Balaban J connectivity index is 1.51. The minimum Gasteiger partial charge on any atom is -0.462 e. The van der Waals surface area contributed by atoms with Gasteiger partial charge in [-0.25, -0.2) is 4.79 Å². The Morgan fingerprint density at radius 3 is 2.44 bits per heavy atom. The number of hydrogen-bond donors (Lipinski definition) is 0. The number of carbonyl (C=O) groups is 1. The van der Waals surface area contributed by atoms with Gasteiger partial charge in [-0.3, -0.25) is 0 Å². The van der Waals surface area contributed by atoms with Gasteiger partial charge in [0, 0.05) is 6.54 Å². The number of hydrogen-bond acceptors (Lipinski definition) is 4. The van der Waals surface area contributed by atoms with Gasteiger partial charge in [-0.2, -0.15) is 0 Å². The van der Waals surface area contributed by atoms with E-state index in [0.717, 1.165) is 13.0 Å². The summed E-state index contributed by atoms with van der Waals surface area (Å²) in [5.74, 6) is 0.896. The van der Waals surface area contributed by atoms with Gasteiger partial charge in [-0.05, 0) is 56.6 Å². The van der Waals surface area contributed by atoms with Crippen molar-refractivity contribution < 1.29 is 14.3 Å².